The number of aromatic nitrogens is 3. The Morgan fingerprint density at radius 1 is 1.75 bits per heavy atom. The quantitative estimate of drug-likeness (QED) is 0.722. The van der Waals surface area contributed by atoms with E-state index in [0.29, 0.717) is 0 Å². The summed E-state index contributed by atoms with van der Waals surface area (Å²) in [5.74, 6) is 0.768. The fourth-order valence-corrected chi connectivity index (χ4v) is 1.28. The normalized spacial score (nSPS) is 19.5. The molecule has 0 spiro atoms. The van der Waals surface area contributed by atoms with Crippen LogP contribution in [0.3, 0.4) is 0 Å². The molecule has 1 heterocycles. The molecule has 1 fully saturated rings. The van der Waals surface area contributed by atoms with Crippen molar-refractivity contribution in [2.45, 2.75) is 32.4 Å². The van der Waals surface area contributed by atoms with Crippen molar-refractivity contribution in [2.75, 3.05) is 0 Å². The maximum Gasteiger partial charge on any atom is 0.0945 e. The van der Waals surface area contributed by atoms with Crippen LogP contribution in [0.5, 0.6) is 0 Å². The molecular weight excluding hydrogens is 154 g/mol. The van der Waals surface area contributed by atoms with Gasteiger partial charge in [0.25, 0.3) is 0 Å². The van der Waals surface area contributed by atoms with Crippen molar-refractivity contribution >= 4 is 0 Å². The molecule has 66 valence electrons. The van der Waals surface area contributed by atoms with Crippen LogP contribution in [0.4, 0.5) is 0 Å². The van der Waals surface area contributed by atoms with Gasteiger partial charge in [-0.2, -0.15) is 0 Å². The van der Waals surface area contributed by atoms with Gasteiger partial charge < -0.3 is 5.11 Å². The van der Waals surface area contributed by atoms with E-state index < -0.39 is 6.10 Å². The third kappa shape index (κ3) is 1.48. The lowest BCUT2D eigenvalue weighted by atomic mass is 10.3. The Kier molecular flexibility index (Phi) is 1.84. The molecule has 1 aliphatic rings. The van der Waals surface area contributed by atoms with Gasteiger partial charge >= 0.3 is 0 Å². The Balaban J connectivity index is 2.11. The number of hydrogen-bond acceptors (Lipinski definition) is 3. The first kappa shape index (κ1) is 7.73. The monoisotopic (exact) mass is 167 g/mol. The van der Waals surface area contributed by atoms with E-state index in [-0.39, 0.29) is 0 Å². The fraction of sp³-hybridized carbons (Fsp3) is 0.750. The summed E-state index contributed by atoms with van der Waals surface area (Å²) in [5, 5.41) is 17.0. The van der Waals surface area contributed by atoms with Crippen molar-refractivity contribution in [1.82, 2.24) is 15.0 Å². The van der Waals surface area contributed by atoms with Gasteiger partial charge in [-0.15, -0.1) is 5.10 Å². The summed E-state index contributed by atoms with van der Waals surface area (Å²) in [6.07, 6.45) is 3.75. The SMILES string of the molecule is C[C@H](O)c1cnnn1CC1CC1. The molecule has 1 aromatic heterocycles. The number of rotatable bonds is 3. The fourth-order valence-electron chi connectivity index (χ4n) is 1.28. The third-order valence-electron chi connectivity index (χ3n) is 2.20. The third-order valence-corrected chi connectivity index (χ3v) is 2.20. The van der Waals surface area contributed by atoms with Crippen LogP contribution in [-0.4, -0.2) is 20.1 Å². The summed E-state index contributed by atoms with van der Waals surface area (Å²) >= 11 is 0. The lowest BCUT2D eigenvalue weighted by Crippen LogP contribution is -2.08. The topological polar surface area (TPSA) is 50.9 Å². The van der Waals surface area contributed by atoms with Crippen molar-refractivity contribution in [3.05, 3.63) is 11.9 Å². The number of aliphatic hydroxyl groups is 1. The summed E-state index contributed by atoms with van der Waals surface area (Å²) in [6, 6.07) is 0. The molecule has 0 saturated heterocycles. The first-order chi connectivity index (χ1) is 5.77. The Bertz CT molecular complexity index is 265. The van der Waals surface area contributed by atoms with Gasteiger partial charge in [-0.25, -0.2) is 4.68 Å². The standard InChI is InChI=1S/C8H13N3O/c1-6(12)8-4-9-10-11(8)5-7-2-3-7/h4,6-7,12H,2-3,5H2,1H3/t6-/m0/s1. The largest absolute Gasteiger partial charge is 0.387 e. The summed E-state index contributed by atoms with van der Waals surface area (Å²) in [6.45, 7) is 2.66. The minimum absolute atomic E-state index is 0.459. The number of aliphatic hydroxyl groups excluding tert-OH is 1. The molecule has 1 N–H and O–H groups in total. The lowest BCUT2D eigenvalue weighted by molar-refractivity contribution is 0.186. The first-order valence-corrected chi connectivity index (χ1v) is 4.34. The van der Waals surface area contributed by atoms with E-state index in [2.05, 4.69) is 10.3 Å². The molecular formula is C8H13N3O. The molecule has 0 bridgehead atoms. The molecule has 4 heteroatoms. The van der Waals surface area contributed by atoms with Crippen LogP contribution >= 0.6 is 0 Å². The molecule has 1 aromatic rings. The molecule has 2 rings (SSSR count). The summed E-state index contributed by atoms with van der Waals surface area (Å²) in [4.78, 5) is 0. The van der Waals surface area contributed by atoms with Crippen molar-refractivity contribution in [3.63, 3.8) is 0 Å². The molecule has 1 saturated carbocycles. The van der Waals surface area contributed by atoms with Crippen molar-refractivity contribution in [2.24, 2.45) is 5.92 Å². The van der Waals surface area contributed by atoms with Crippen molar-refractivity contribution in [1.29, 1.82) is 0 Å². The highest BCUT2D eigenvalue weighted by Crippen LogP contribution is 2.31. The average Bonchev–Trinajstić information content (AvgIpc) is 2.66. The Hall–Kier alpha value is -0.900. The van der Waals surface area contributed by atoms with Gasteiger partial charge in [0.1, 0.15) is 0 Å². The highest BCUT2D eigenvalue weighted by Gasteiger charge is 2.23. The van der Waals surface area contributed by atoms with Gasteiger partial charge in [-0.3, -0.25) is 0 Å². The van der Waals surface area contributed by atoms with E-state index in [9.17, 15) is 5.11 Å². The van der Waals surface area contributed by atoms with Gasteiger partial charge in [0.2, 0.25) is 0 Å². The van der Waals surface area contributed by atoms with Crippen molar-refractivity contribution in [3.8, 4) is 0 Å². The molecule has 0 aromatic carbocycles. The summed E-state index contributed by atoms with van der Waals surface area (Å²) in [7, 11) is 0. The van der Waals surface area contributed by atoms with Gasteiger partial charge in [-0.05, 0) is 25.7 Å². The average molecular weight is 167 g/mol. The number of hydrogen-bond donors (Lipinski definition) is 1. The summed E-state index contributed by atoms with van der Waals surface area (Å²) in [5.41, 5.74) is 0.821. The Morgan fingerprint density at radius 3 is 3.08 bits per heavy atom. The molecule has 0 unspecified atom stereocenters. The van der Waals surface area contributed by atoms with Crippen LogP contribution in [0.25, 0.3) is 0 Å². The molecule has 1 atom stereocenters. The maximum absolute atomic E-state index is 9.33. The van der Waals surface area contributed by atoms with E-state index in [0.717, 1.165) is 18.2 Å². The predicted octanol–water partition coefficient (Wildman–Crippen LogP) is 0.741. The highest BCUT2D eigenvalue weighted by atomic mass is 16.3. The zero-order chi connectivity index (χ0) is 8.55. The lowest BCUT2D eigenvalue weighted by Gasteiger charge is -2.06. The van der Waals surface area contributed by atoms with E-state index in [1.807, 2.05) is 4.68 Å². The van der Waals surface area contributed by atoms with E-state index in [1.165, 1.54) is 12.8 Å². The molecule has 12 heavy (non-hydrogen) atoms. The van der Waals surface area contributed by atoms with Crippen LogP contribution in [0.2, 0.25) is 0 Å². The second-order valence-electron chi connectivity index (χ2n) is 3.46. The van der Waals surface area contributed by atoms with Gasteiger partial charge in [0.15, 0.2) is 0 Å². The van der Waals surface area contributed by atoms with Gasteiger partial charge in [0, 0.05) is 6.54 Å². The molecule has 4 nitrogen and oxygen atoms in total. The molecule has 0 radical (unpaired) electrons. The van der Waals surface area contributed by atoms with Crippen molar-refractivity contribution < 1.29 is 5.11 Å². The van der Waals surface area contributed by atoms with Crippen LogP contribution in [0.1, 0.15) is 31.6 Å². The van der Waals surface area contributed by atoms with Crippen LogP contribution < -0.4 is 0 Å². The molecule has 0 aliphatic heterocycles. The van der Waals surface area contributed by atoms with Gasteiger partial charge in [-0.1, -0.05) is 5.21 Å². The Morgan fingerprint density at radius 2 is 2.50 bits per heavy atom. The van der Waals surface area contributed by atoms with E-state index in [4.69, 9.17) is 0 Å². The molecule has 0 amide bonds. The molecule has 1 aliphatic carbocycles. The maximum atomic E-state index is 9.33. The minimum Gasteiger partial charge on any atom is -0.387 e. The van der Waals surface area contributed by atoms with Gasteiger partial charge in [0.05, 0.1) is 18.0 Å². The smallest absolute Gasteiger partial charge is 0.0945 e. The second-order valence-corrected chi connectivity index (χ2v) is 3.46. The summed E-state index contributed by atoms with van der Waals surface area (Å²) < 4.78 is 1.81. The highest BCUT2D eigenvalue weighted by molar-refractivity contribution is 4.98. The minimum atomic E-state index is -0.459. The predicted molar refractivity (Wildman–Crippen MR) is 43.4 cm³/mol. The van der Waals surface area contributed by atoms with E-state index >= 15 is 0 Å². The van der Waals surface area contributed by atoms with Crippen LogP contribution in [0, 0.1) is 5.92 Å². The van der Waals surface area contributed by atoms with Crippen LogP contribution in [0.15, 0.2) is 6.20 Å². The zero-order valence-corrected chi connectivity index (χ0v) is 7.14. The van der Waals surface area contributed by atoms with E-state index in [1.54, 1.807) is 13.1 Å². The Labute approximate surface area is 71.2 Å². The first-order valence-electron chi connectivity index (χ1n) is 4.34. The zero-order valence-electron chi connectivity index (χ0n) is 7.14. The second kappa shape index (κ2) is 2.86. The number of nitrogens with zero attached hydrogens (tertiary/aromatic N) is 3. The van der Waals surface area contributed by atoms with Crippen LogP contribution in [-0.2, 0) is 6.54 Å².